The second-order valence-electron chi connectivity index (χ2n) is 4.39. The fraction of sp³-hybridized carbons (Fsp3) is 0.500. The molecule has 2 heteroatoms. The summed E-state index contributed by atoms with van der Waals surface area (Å²) in [4.78, 5) is 0. The summed E-state index contributed by atoms with van der Waals surface area (Å²) in [5.74, 6) is 0.642. The Morgan fingerprint density at radius 3 is 2.50 bits per heavy atom. The number of rotatable bonds is 1. The Bertz CT molecular complexity index is 320. The largest absolute Gasteiger partial charge is 0.385 e. The molecule has 1 fully saturated rings. The van der Waals surface area contributed by atoms with Gasteiger partial charge in [0.1, 0.15) is 0 Å². The van der Waals surface area contributed by atoms with Crippen molar-refractivity contribution in [1.29, 1.82) is 0 Å². The topological polar surface area (TPSA) is 20.2 Å². The number of hydrogen-bond donors (Lipinski definition) is 1. The summed E-state index contributed by atoms with van der Waals surface area (Å²) in [5, 5.41) is 10.4. The van der Waals surface area contributed by atoms with E-state index in [-0.39, 0.29) is 0 Å². The fourth-order valence-electron chi connectivity index (χ4n) is 2.29. The summed E-state index contributed by atoms with van der Waals surface area (Å²) in [6.45, 7) is 2.21. The molecule has 0 aromatic heterocycles. The van der Waals surface area contributed by atoms with Gasteiger partial charge in [0, 0.05) is 4.47 Å². The second-order valence-corrected chi connectivity index (χ2v) is 5.30. The lowest BCUT2D eigenvalue weighted by molar-refractivity contribution is 0.0408. The van der Waals surface area contributed by atoms with Crippen LogP contribution in [0.3, 0.4) is 0 Å². The van der Waals surface area contributed by atoms with Crippen LogP contribution in [0, 0.1) is 5.92 Å². The summed E-state index contributed by atoms with van der Waals surface area (Å²) in [6.07, 6.45) is 2.93. The van der Waals surface area contributed by atoms with Crippen LogP contribution in [0.1, 0.15) is 31.7 Å². The smallest absolute Gasteiger partial charge is 0.0899 e. The highest BCUT2D eigenvalue weighted by Crippen LogP contribution is 2.41. The van der Waals surface area contributed by atoms with E-state index in [1.807, 2.05) is 24.3 Å². The summed E-state index contributed by atoms with van der Waals surface area (Å²) in [6, 6.07) is 8.02. The molecule has 1 aromatic carbocycles. The highest BCUT2D eigenvalue weighted by Gasteiger charge is 2.36. The van der Waals surface area contributed by atoms with Crippen LogP contribution in [0.25, 0.3) is 0 Å². The molecule has 0 heterocycles. The summed E-state index contributed by atoms with van der Waals surface area (Å²) in [5.41, 5.74) is 0.491. The molecule has 0 saturated heterocycles. The molecule has 0 aliphatic heterocycles. The first-order valence-corrected chi connectivity index (χ1v) is 5.88. The van der Waals surface area contributed by atoms with Crippen molar-refractivity contribution in [2.24, 2.45) is 5.92 Å². The van der Waals surface area contributed by atoms with Gasteiger partial charge in [-0.05, 0) is 42.9 Å². The van der Waals surface area contributed by atoms with Crippen molar-refractivity contribution in [3.8, 4) is 0 Å². The lowest BCUT2D eigenvalue weighted by atomic mass is 9.91. The molecular formula is C12H15BrO. The maximum Gasteiger partial charge on any atom is 0.0899 e. The first-order valence-electron chi connectivity index (χ1n) is 5.08. The molecule has 0 bridgehead atoms. The average molecular weight is 255 g/mol. The third-order valence-corrected chi connectivity index (χ3v) is 3.65. The van der Waals surface area contributed by atoms with Gasteiger partial charge in [0.05, 0.1) is 5.60 Å². The Kier molecular flexibility index (Phi) is 2.67. The van der Waals surface area contributed by atoms with Crippen LogP contribution >= 0.6 is 15.9 Å². The quantitative estimate of drug-likeness (QED) is 0.814. The molecule has 0 amide bonds. The number of aliphatic hydroxyl groups is 1. The molecule has 1 saturated carbocycles. The van der Waals surface area contributed by atoms with Crippen LogP contribution in [-0.2, 0) is 5.60 Å². The highest BCUT2D eigenvalue weighted by molar-refractivity contribution is 9.10. The molecule has 0 unspecified atom stereocenters. The number of hydrogen-bond acceptors (Lipinski definition) is 1. The van der Waals surface area contributed by atoms with E-state index in [2.05, 4.69) is 22.9 Å². The van der Waals surface area contributed by atoms with Gasteiger partial charge in [0.2, 0.25) is 0 Å². The van der Waals surface area contributed by atoms with E-state index in [0.717, 1.165) is 29.3 Å². The predicted molar refractivity (Wildman–Crippen MR) is 61.1 cm³/mol. The molecule has 1 aromatic rings. The third kappa shape index (κ3) is 1.86. The van der Waals surface area contributed by atoms with Gasteiger partial charge in [-0.15, -0.1) is 0 Å². The Morgan fingerprint density at radius 1 is 1.36 bits per heavy atom. The molecular weight excluding hydrogens is 240 g/mol. The minimum Gasteiger partial charge on any atom is -0.385 e. The first kappa shape index (κ1) is 10.2. The molecule has 1 nitrogen and oxygen atoms in total. The van der Waals surface area contributed by atoms with Gasteiger partial charge >= 0.3 is 0 Å². The SMILES string of the molecule is C[C@H]1CC[C@](O)(c2ccc(Br)cc2)C1. The standard InChI is InChI=1S/C12H15BrO/c1-9-6-7-12(14,8-9)10-2-4-11(13)5-3-10/h2-5,9,14H,6-8H2,1H3/t9-,12+/m0/s1. The Labute approximate surface area is 93.3 Å². The third-order valence-electron chi connectivity index (χ3n) is 3.12. The Morgan fingerprint density at radius 2 is 2.00 bits per heavy atom. The summed E-state index contributed by atoms with van der Waals surface area (Å²) >= 11 is 3.40. The molecule has 14 heavy (non-hydrogen) atoms. The van der Waals surface area contributed by atoms with Crippen LogP contribution in [-0.4, -0.2) is 5.11 Å². The van der Waals surface area contributed by atoms with Crippen LogP contribution in [0.5, 0.6) is 0 Å². The lowest BCUT2D eigenvalue weighted by Gasteiger charge is -2.23. The van der Waals surface area contributed by atoms with E-state index in [9.17, 15) is 5.11 Å². The van der Waals surface area contributed by atoms with E-state index >= 15 is 0 Å². The summed E-state index contributed by atoms with van der Waals surface area (Å²) in [7, 11) is 0. The van der Waals surface area contributed by atoms with E-state index in [1.165, 1.54) is 0 Å². The molecule has 0 spiro atoms. The van der Waals surface area contributed by atoms with E-state index in [4.69, 9.17) is 0 Å². The summed E-state index contributed by atoms with van der Waals surface area (Å²) < 4.78 is 1.07. The van der Waals surface area contributed by atoms with Crippen molar-refractivity contribution in [3.05, 3.63) is 34.3 Å². The van der Waals surface area contributed by atoms with Gasteiger partial charge < -0.3 is 5.11 Å². The van der Waals surface area contributed by atoms with E-state index < -0.39 is 5.60 Å². The van der Waals surface area contributed by atoms with Crippen molar-refractivity contribution in [2.75, 3.05) is 0 Å². The minimum atomic E-state index is -0.569. The number of benzene rings is 1. The zero-order chi connectivity index (χ0) is 10.2. The van der Waals surface area contributed by atoms with Gasteiger partial charge in [-0.1, -0.05) is 35.0 Å². The molecule has 76 valence electrons. The minimum absolute atomic E-state index is 0.569. The average Bonchev–Trinajstić information content (AvgIpc) is 2.48. The van der Waals surface area contributed by atoms with Crippen LogP contribution in [0.4, 0.5) is 0 Å². The van der Waals surface area contributed by atoms with Gasteiger partial charge in [-0.25, -0.2) is 0 Å². The van der Waals surface area contributed by atoms with Crippen LogP contribution in [0.2, 0.25) is 0 Å². The lowest BCUT2D eigenvalue weighted by Crippen LogP contribution is -2.21. The van der Waals surface area contributed by atoms with Gasteiger partial charge in [-0.3, -0.25) is 0 Å². The maximum absolute atomic E-state index is 10.4. The maximum atomic E-state index is 10.4. The fourth-order valence-corrected chi connectivity index (χ4v) is 2.55. The molecule has 1 N–H and O–H groups in total. The van der Waals surface area contributed by atoms with E-state index in [0.29, 0.717) is 5.92 Å². The van der Waals surface area contributed by atoms with E-state index in [1.54, 1.807) is 0 Å². The highest BCUT2D eigenvalue weighted by atomic mass is 79.9. The van der Waals surface area contributed by atoms with Gasteiger partial charge in [0.15, 0.2) is 0 Å². The zero-order valence-corrected chi connectivity index (χ0v) is 9.92. The van der Waals surface area contributed by atoms with Crippen molar-refractivity contribution >= 4 is 15.9 Å². The molecule has 2 rings (SSSR count). The van der Waals surface area contributed by atoms with Crippen LogP contribution in [0.15, 0.2) is 28.7 Å². The van der Waals surface area contributed by atoms with Crippen molar-refractivity contribution in [3.63, 3.8) is 0 Å². The van der Waals surface area contributed by atoms with Crippen molar-refractivity contribution in [2.45, 2.75) is 31.8 Å². The van der Waals surface area contributed by atoms with Gasteiger partial charge in [0.25, 0.3) is 0 Å². The Balaban J connectivity index is 2.26. The predicted octanol–water partition coefficient (Wildman–Crippen LogP) is 3.46. The van der Waals surface area contributed by atoms with Crippen molar-refractivity contribution in [1.82, 2.24) is 0 Å². The number of halogens is 1. The first-order chi connectivity index (χ1) is 6.60. The molecule has 0 radical (unpaired) electrons. The Hall–Kier alpha value is -0.340. The second kappa shape index (κ2) is 3.67. The van der Waals surface area contributed by atoms with Gasteiger partial charge in [-0.2, -0.15) is 0 Å². The monoisotopic (exact) mass is 254 g/mol. The normalized spacial score (nSPS) is 32.1. The molecule has 1 aliphatic carbocycles. The zero-order valence-electron chi connectivity index (χ0n) is 8.33. The molecule has 1 aliphatic rings. The van der Waals surface area contributed by atoms with Crippen LogP contribution < -0.4 is 0 Å². The molecule has 2 atom stereocenters. The van der Waals surface area contributed by atoms with Crippen molar-refractivity contribution < 1.29 is 5.11 Å².